The molecule has 0 radical (unpaired) electrons. The molecule has 0 saturated carbocycles. The van der Waals surface area contributed by atoms with E-state index < -0.39 is 0 Å². The quantitative estimate of drug-likeness (QED) is 0.755. The van der Waals surface area contributed by atoms with Crippen molar-refractivity contribution in [2.75, 3.05) is 16.8 Å². The molecule has 2 aromatic heterocycles. The first-order chi connectivity index (χ1) is 13.5. The molecule has 0 atom stereocenters. The lowest BCUT2D eigenvalue weighted by atomic mass is 10.1. The second-order valence-corrected chi connectivity index (χ2v) is 6.84. The van der Waals surface area contributed by atoms with Gasteiger partial charge in [0, 0.05) is 24.6 Å². The Hall–Kier alpha value is -3.48. The van der Waals surface area contributed by atoms with Gasteiger partial charge in [-0.05, 0) is 25.5 Å². The molecular weight excluding hydrogens is 356 g/mol. The van der Waals surface area contributed by atoms with E-state index >= 15 is 0 Å². The first-order valence-electron chi connectivity index (χ1n) is 9.09. The van der Waals surface area contributed by atoms with E-state index in [1.807, 2.05) is 38.1 Å². The van der Waals surface area contributed by atoms with E-state index in [2.05, 4.69) is 15.3 Å². The van der Waals surface area contributed by atoms with E-state index in [0.29, 0.717) is 29.6 Å². The predicted octanol–water partition coefficient (Wildman–Crippen LogP) is 3.27. The summed E-state index contributed by atoms with van der Waals surface area (Å²) < 4.78 is 5.78. The SMILES string of the molecule is Cc1ccc(-c2cnc(CCC(=O)N3CC(=O)Nc4c(C)ccnc43)o2)cc1. The highest BCUT2D eigenvalue weighted by molar-refractivity contribution is 6.09. The second-order valence-electron chi connectivity index (χ2n) is 6.84. The van der Waals surface area contributed by atoms with E-state index in [1.54, 1.807) is 18.5 Å². The molecule has 0 unspecified atom stereocenters. The number of hydrogen-bond donors (Lipinski definition) is 1. The molecule has 0 bridgehead atoms. The summed E-state index contributed by atoms with van der Waals surface area (Å²) >= 11 is 0. The molecule has 7 heteroatoms. The summed E-state index contributed by atoms with van der Waals surface area (Å²) in [4.78, 5) is 34.7. The van der Waals surface area contributed by atoms with Gasteiger partial charge >= 0.3 is 0 Å². The van der Waals surface area contributed by atoms with Gasteiger partial charge in [0.15, 0.2) is 17.5 Å². The van der Waals surface area contributed by atoms with Crippen molar-refractivity contribution in [3.05, 3.63) is 59.7 Å². The molecule has 3 heterocycles. The fraction of sp³-hybridized carbons (Fsp3) is 0.238. The van der Waals surface area contributed by atoms with Crippen molar-refractivity contribution in [3.63, 3.8) is 0 Å². The van der Waals surface area contributed by atoms with Crippen LogP contribution in [0.3, 0.4) is 0 Å². The highest BCUT2D eigenvalue weighted by atomic mass is 16.4. The Labute approximate surface area is 162 Å². The van der Waals surface area contributed by atoms with Crippen molar-refractivity contribution in [1.29, 1.82) is 0 Å². The molecule has 4 rings (SSSR count). The molecule has 1 aliphatic heterocycles. The maximum atomic E-state index is 12.7. The molecule has 0 spiro atoms. The molecule has 1 aromatic carbocycles. The summed E-state index contributed by atoms with van der Waals surface area (Å²) in [5.41, 5.74) is 3.57. The maximum Gasteiger partial charge on any atom is 0.244 e. The van der Waals surface area contributed by atoms with Crippen LogP contribution in [-0.2, 0) is 16.0 Å². The fourth-order valence-electron chi connectivity index (χ4n) is 3.13. The Morgan fingerprint density at radius 3 is 2.75 bits per heavy atom. The molecule has 28 heavy (non-hydrogen) atoms. The van der Waals surface area contributed by atoms with Crippen LogP contribution in [0.2, 0.25) is 0 Å². The van der Waals surface area contributed by atoms with Crippen LogP contribution >= 0.6 is 0 Å². The molecule has 0 saturated heterocycles. The van der Waals surface area contributed by atoms with Gasteiger partial charge in [0.25, 0.3) is 0 Å². The minimum Gasteiger partial charge on any atom is -0.441 e. The third kappa shape index (κ3) is 3.51. The largest absolute Gasteiger partial charge is 0.441 e. The van der Waals surface area contributed by atoms with Crippen molar-refractivity contribution in [2.24, 2.45) is 0 Å². The molecule has 1 aliphatic rings. The van der Waals surface area contributed by atoms with Gasteiger partial charge in [0.05, 0.1) is 11.9 Å². The number of nitrogens with zero attached hydrogens (tertiary/aromatic N) is 3. The second kappa shape index (κ2) is 7.26. The molecular formula is C21H20N4O3. The number of rotatable bonds is 4. The molecule has 1 N–H and O–H groups in total. The first-order valence-corrected chi connectivity index (χ1v) is 9.09. The van der Waals surface area contributed by atoms with Gasteiger partial charge < -0.3 is 9.73 Å². The average Bonchev–Trinajstić information content (AvgIpc) is 3.16. The predicted molar refractivity (Wildman–Crippen MR) is 105 cm³/mol. The van der Waals surface area contributed by atoms with E-state index in [-0.39, 0.29) is 24.8 Å². The number of carbonyl (C=O) groups excluding carboxylic acids is 2. The molecule has 142 valence electrons. The highest BCUT2D eigenvalue weighted by Gasteiger charge is 2.29. The smallest absolute Gasteiger partial charge is 0.244 e. The van der Waals surface area contributed by atoms with E-state index in [4.69, 9.17) is 4.42 Å². The molecule has 0 fully saturated rings. The van der Waals surface area contributed by atoms with Crippen LogP contribution in [0.15, 0.2) is 47.1 Å². The normalized spacial score (nSPS) is 13.2. The summed E-state index contributed by atoms with van der Waals surface area (Å²) in [5, 5.41) is 2.79. The number of pyridine rings is 1. The van der Waals surface area contributed by atoms with Crippen LogP contribution in [0.1, 0.15) is 23.4 Å². The Morgan fingerprint density at radius 1 is 1.18 bits per heavy atom. The zero-order chi connectivity index (χ0) is 19.7. The zero-order valence-corrected chi connectivity index (χ0v) is 15.7. The van der Waals surface area contributed by atoms with E-state index in [9.17, 15) is 9.59 Å². The number of aryl methyl sites for hydroxylation is 3. The lowest BCUT2D eigenvalue weighted by Crippen LogP contribution is -2.43. The lowest BCUT2D eigenvalue weighted by Gasteiger charge is -2.28. The van der Waals surface area contributed by atoms with Crippen LogP contribution in [0.25, 0.3) is 11.3 Å². The standard InChI is InChI=1S/C21H20N4O3/c1-13-3-5-15(6-4-13)16-11-23-18(28-16)7-8-19(27)25-12-17(26)24-20-14(2)9-10-22-21(20)25/h3-6,9-11H,7-8,12H2,1-2H3,(H,24,26). The fourth-order valence-corrected chi connectivity index (χ4v) is 3.13. The van der Waals surface area contributed by atoms with Crippen LogP contribution in [0.4, 0.5) is 11.5 Å². The Kier molecular flexibility index (Phi) is 4.65. The number of hydrogen-bond acceptors (Lipinski definition) is 5. The van der Waals surface area contributed by atoms with Crippen molar-refractivity contribution >= 4 is 23.3 Å². The summed E-state index contributed by atoms with van der Waals surface area (Å²) in [6.45, 7) is 3.85. The topological polar surface area (TPSA) is 88.3 Å². The summed E-state index contributed by atoms with van der Waals surface area (Å²) in [7, 11) is 0. The number of oxazole rings is 1. The van der Waals surface area contributed by atoms with Crippen LogP contribution in [0.5, 0.6) is 0 Å². The maximum absolute atomic E-state index is 12.7. The number of amides is 2. The molecule has 0 aliphatic carbocycles. The van der Waals surface area contributed by atoms with E-state index in [0.717, 1.165) is 11.1 Å². The Balaban J connectivity index is 1.46. The minimum atomic E-state index is -0.227. The van der Waals surface area contributed by atoms with Gasteiger partial charge in [-0.15, -0.1) is 0 Å². The number of benzene rings is 1. The minimum absolute atomic E-state index is 0.0392. The van der Waals surface area contributed by atoms with Crippen molar-refractivity contribution in [2.45, 2.75) is 26.7 Å². The first kappa shape index (κ1) is 17.9. The van der Waals surface area contributed by atoms with Crippen molar-refractivity contribution in [1.82, 2.24) is 9.97 Å². The van der Waals surface area contributed by atoms with Crippen LogP contribution < -0.4 is 10.2 Å². The molecule has 2 amide bonds. The number of anilines is 2. The van der Waals surface area contributed by atoms with E-state index in [1.165, 1.54) is 10.5 Å². The summed E-state index contributed by atoms with van der Waals surface area (Å²) in [5.74, 6) is 1.22. The number of fused-ring (bicyclic) bond motifs is 1. The van der Waals surface area contributed by atoms with Gasteiger partial charge in [-0.3, -0.25) is 14.5 Å². The van der Waals surface area contributed by atoms with Gasteiger partial charge in [0.1, 0.15) is 6.54 Å². The van der Waals surface area contributed by atoms with Crippen molar-refractivity contribution in [3.8, 4) is 11.3 Å². The molecule has 7 nitrogen and oxygen atoms in total. The highest BCUT2D eigenvalue weighted by Crippen LogP contribution is 2.30. The van der Waals surface area contributed by atoms with Gasteiger partial charge in [-0.25, -0.2) is 9.97 Å². The lowest BCUT2D eigenvalue weighted by molar-refractivity contribution is -0.122. The molecule has 3 aromatic rings. The number of nitrogens with one attached hydrogen (secondary N) is 1. The van der Waals surface area contributed by atoms with Gasteiger partial charge in [-0.2, -0.15) is 0 Å². The Morgan fingerprint density at radius 2 is 1.96 bits per heavy atom. The summed E-state index contributed by atoms with van der Waals surface area (Å²) in [6, 6.07) is 9.76. The van der Waals surface area contributed by atoms with Crippen LogP contribution in [-0.4, -0.2) is 28.3 Å². The number of carbonyl (C=O) groups is 2. The average molecular weight is 376 g/mol. The van der Waals surface area contributed by atoms with Gasteiger partial charge in [-0.1, -0.05) is 29.8 Å². The van der Waals surface area contributed by atoms with Crippen molar-refractivity contribution < 1.29 is 14.0 Å². The third-order valence-electron chi connectivity index (χ3n) is 4.70. The van der Waals surface area contributed by atoms with Gasteiger partial charge in [0.2, 0.25) is 11.8 Å². The zero-order valence-electron chi connectivity index (χ0n) is 15.7. The third-order valence-corrected chi connectivity index (χ3v) is 4.70. The Bertz CT molecular complexity index is 1040. The van der Waals surface area contributed by atoms with Crippen LogP contribution in [0, 0.1) is 13.8 Å². The number of aromatic nitrogens is 2. The summed E-state index contributed by atoms with van der Waals surface area (Å²) in [6.07, 6.45) is 3.83. The monoisotopic (exact) mass is 376 g/mol.